The summed E-state index contributed by atoms with van der Waals surface area (Å²) in [6, 6.07) is 1.32. The Morgan fingerprint density at radius 1 is 1.36 bits per heavy atom. The van der Waals surface area contributed by atoms with E-state index in [0.717, 1.165) is 12.5 Å². The highest BCUT2D eigenvalue weighted by atomic mass is 28.3. The van der Waals surface area contributed by atoms with Crippen molar-refractivity contribution in [1.82, 2.24) is 4.98 Å². The lowest BCUT2D eigenvalue weighted by Crippen LogP contribution is -2.36. The summed E-state index contributed by atoms with van der Waals surface area (Å²) in [6.45, 7) is 3.35. The second-order valence-corrected chi connectivity index (χ2v) is 6.84. The largest absolute Gasteiger partial charge is 0.409 e. The second-order valence-electron chi connectivity index (χ2n) is 4.41. The topological polar surface area (TPSA) is 21.3 Å². The summed E-state index contributed by atoms with van der Waals surface area (Å²) in [5.41, 5.74) is 0. The normalized spacial score (nSPS) is 20.1. The third-order valence-electron chi connectivity index (χ3n) is 3.22. The highest BCUT2D eigenvalue weighted by molar-refractivity contribution is 6.48. The molecule has 1 aliphatic rings. The molecule has 1 unspecified atom stereocenters. The monoisotopic (exact) mass is 215 g/mol. The molecule has 0 bridgehead atoms. The van der Waals surface area contributed by atoms with Crippen LogP contribution in [0, 0.1) is 5.92 Å². The lowest BCUT2D eigenvalue weighted by Gasteiger charge is -2.16. The molecule has 84 valence electrons. The molecule has 1 saturated carbocycles. The van der Waals surface area contributed by atoms with Gasteiger partial charge in [0.05, 0.1) is 0 Å². The summed E-state index contributed by atoms with van der Waals surface area (Å²) >= 11 is 0. The molecule has 1 rings (SSSR count). The Kier molecular flexibility index (Phi) is 6.48. The molecule has 0 aliphatic heterocycles. The lowest BCUT2D eigenvalue weighted by atomic mass is 10.1. The van der Waals surface area contributed by atoms with Crippen molar-refractivity contribution in [2.24, 2.45) is 5.92 Å². The average Bonchev–Trinajstić information content (AvgIpc) is 2.71. The van der Waals surface area contributed by atoms with Gasteiger partial charge in [-0.25, -0.2) is 0 Å². The Bertz CT molecular complexity index is 137. The van der Waals surface area contributed by atoms with E-state index in [0.29, 0.717) is 0 Å². The van der Waals surface area contributed by atoms with Gasteiger partial charge in [0.1, 0.15) is 0 Å². The van der Waals surface area contributed by atoms with Crippen LogP contribution in [0.1, 0.15) is 45.4 Å². The van der Waals surface area contributed by atoms with Crippen molar-refractivity contribution in [1.29, 1.82) is 0 Å². The first-order valence-electron chi connectivity index (χ1n) is 6.13. The zero-order chi connectivity index (χ0) is 10.2. The average molecular weight is 215 g/mol. The summed E-state index contributed by atoms with van der Waals surface area (Å²) in [7, 11) is 0.832. The number of hydrogen-bond donors (Lipinski definition) is 1. The van der Waals surface area contributed by atoms with Gasteiger partial charge in [-0.1, -0.05) is 32.6 Å². The van der Waals surface area contributed by atoms with E-state index in [-0.39, 0.29) is 0 Å². The first-order chi connectivity index (χ1) is 6.86. The number of nitrogens with one attached hydrogen (secondary N) is 1. The van der Waals surface area contributed by atoms with E-state index in [1.165, 1.54) is 44.6 Å². The molecular weight excluding hydrogens is 190 g/mol. The van der Waals surface area contributed by atoms with E-state index in [4.69, 9.17) is 4.43 Å². The molecule has 2 nitrogen and oxygen atoms in total. The fourth-order valence-electron chi connectivity index (χ4n) is 2.29. The minimum Gasteiger partial charge on any atom is -0.409 e. The maximum Gasteiger partial charge on any atom is 0.251 e. The molecule has 0 aromatic rings. The summed E-state index contributed by atoms with van der Waals surface area (Å²) < 4.78 is 5.54. The summed E-state index contributed by atoms with van der Waals surface area (Å²) in [5.74, 6) is 1.02. The Hall–Kier alpha value is 0.137. The van der Waals surface area contributed by atoms with Gasteiger partial charge in [-0.05, 0) is 31.3 Å². The van der Waals surface area contributed by atoms with Crippen LogP contribution in [0.3, 0.4) is 0 Å². The molecule has 0 aromatic carbocycles. The number of hydrogen-bond acceptors (Lipinski definition) is 2. The summed E-state index contributed by atoms with van der Waals surface area (Å²) in [4.78, 5) is 3.56. The van der Waals surface area contributed by atoms with Crippen LogP contribution >= 0.6 is 0 Å². The molecule has 0 amide bonds. The van der Waals surface area contributed by atoms with E-state index < -0.39 is 9.20 Å². The van der Waals surface area contributed by atoms with Crippen LogP contribution in [0.25, 0.3) is 0 Å². The summed E-state index contributed by atoms with van der Waals surface area (Å²) in [5, 5.41) is 0. The molecule has 0 spiro atoms. The number of rotatable bonds is 7. The predicted molar refractivity (Wildman–Crippen MR) is 63.8 cm³/mol. The van der Waals surface area contributed by atoms with Gasteiger partial charge in [-0.15, -0.1) is 0 Å². The second kappa shape index (κ2) is 7.43. The quantitative estimate of drug-likeness (QED) is 0.659. The lowest BCUT2D eigenvalue weighted by molar-refractivity contribution is 0.396. The molecule has 0 radical (unpaired) electrons. The molecule has 1 atom stereocenters. The molecular formula is C11H25NOSi. The Labute approximate surface area is 90.2 Å². The van der Waals surface area contributed by atoms with Gasteiger partial charge in [0.15, 0.2) is 0 Å². The molecule has 1 aliphatic carbocycles. The Morgan fingerprint density at radius 3 is 2.64 bits per heavy atom. The van der Waals surface area contributed by atoms with Gasteiger partial charge in [-0.2, -0.15) is 0 Å². The van der Waals surface area contributed by atoms with E-state index in [1.807, 2.05) is 7.11 Å². The van der Waals surface area contributed by atoms with Gasteiger partial charge < -0.3 is 9.41 Å². The van der Waals surface area contributed by atoms with Crippen molar-refractivity contribution < 1.29 is 4.43 Å². The zero-order valence-corrected chi connectivity index (χ0v) is 10.9. The Balaban J connectivity index is 2.06. The fraction of sp³-hybridized carbons (Fsp3) is 1.00. The van der Waals surface area contributed by atoms with E-state index in [1.54, 1.807) is 0 Å². The van der Waals surface area contributed by atoms with E-state index >= 15 is 0 Å². The SMILES string of the molecule is CCCN[SiH](CCC1CCCC1)OC. The maximum absolute atomic E-state index is 5.54. The maximum atomic E-state index is 5.54. The standard InChI is InChI=1S/C11H25NOSi/c1-3-9-12-14(13-2)10-8-11-6-4-5-7-11/h11-12,14H,3-10H2,1-2H3. The first kappa shape index (κ1) is 12.2. The van der Waals surface area contributed by atoms with Crippen molar-refractivity contribution in [3.63, 3.8) is 0 Å². The van der Waals surface area contributed by atoms with E-state index in [2.05, 4.69) is 11.9 Å². The van der Waals surface area contributed by atoms with Crippen LogP contribution in [0.15, 0.2) is 0 Å². The van der Waals surface area contributed by atoms with Crippen molar-refractivity contribution in [2.75, 3.05) is 13.7 Å². The molecule has 1 fully saturated rings. The smallest absolute Gasteiger partial charge is 0.251 e. The minimum atomic E-state index is -1.04. The van der Waals surface area contributed by atoms with Crippen LogP contribution in [0.5, 0.6) is 0 Å². The van der Waals surface area contributed by atoms with Crippen molar-refractivity contribution in [3.05, 3.63) is 0 Å². The molecule has 3 heteroatoms. The van der Waals surface area contributed by atoms with Crippen molar-refractivity contribution in [3.8, 4) is 0 Å². The van der Waals surface area contributed by atoms with Gasteiger partial charge in [-0.3, -0.25) is 0 Å². The fourth-order valence-corrected chi connectivity index (χ4v) is 4.29. The van der Waals surface area contributed by atoms with Crippen LogP contribution < -0.4 is 4.98 Å². The third kappa shape index (κ3) is 4.58. The van der Waals surface area contributed by atoms with Crippen LogP contribution in [0.2, 0.25) is 6.04 Å². The highest BCUT2D eigenvalue weighted by Gasteiger charge is 2.17. The first-order valence-corrected chi connectivity index (χ1v) is 7.99. The molecule has 0 heterocycles. The molecule has 1 N–H and O–H groups in total. The Morgan fingerprint density at radius 2 is 2.07 bits per heavy atom. The van der Waals surface area contributed by atoms with Gasteiger partial charge in [0.2, 0.25) is 0 Å². The van der Waals surface area contributed by atoms with Gasteiger partial charge in [0.25, 0.3) is 9.20 Å². The van der Waals surface area contributed by atoms with Crippen molar-refractivity contribution >= 4 is 9.20 Å². The zero-order valence-electron chi connectivity index (χ0n) is 9.72. The third-order valence-corrected chi connectivity index (χ3v) is 5.39. The van der Waals surface area contributed by atoms with Crippen LogP contribution in [-0.2, 0) is 4.43 Å². The summed E-state index contributed by atoms with van der Waals surface area (Å²) in [6.07, 6.45) is 8.49. The van der Waals surface area contributed by atoms with Crippen LogP contribution in [-0.4, -0.2) is 22.9 Å². The molecule has 0 saturated heterocycles. The van der Waals surface area contributed by atoms with Crippen molar-refractivity contribution in [2.45, 2.75) is 51.5 Å². The van der Waals surface area contributed by atoms with Gasteiger partial charge >= 0.3 is 0 Å². The predicted octanol–water partition coefficient (Wildman–Crippen LogP) is 2.43. The van der Waals surface area contributed by atoms with E-state index in [9.17, 15) is 0 Å². The van der Waals surface area contributed by atoms with Gasteiger partial charge in [0, 0.05) is 7.11 Å². The molecule has 14 heavy (non-hydrogen) atoms. The minimum absolute atomic E-state index is 1.02. The van der Waals surface area contributed by atoms with Crippen LogP contribution in [0.4, 0.5) is 0 Å². The highest BCUT2D eigenvalue weighted by Crippen LogP contribution is 2.28. The molecule has 0 aromatic heterocycles.